The molecule has 0 fully saturated rings. The van der Waals surface area contributed by atoms with E-state index in [2.05, 4.69) is 10.3 Å². The molecule has 190 valence electrons. The van der Waals surface area contributed by atoms with Gasteiger partial charge in [-0.25, -0.2) is 9.78 Å². The molecule has 1 N–H and O–H groups in total. The van der Waals surface area contributed by atoms with Gasteiger partial charge in [0.1, 0.15) is 0 Å². The highest BCUT2D eigenvalue weighted by atomic mass is 35.5. The van der Waals surface area contributed by atoms with E-state index in [9.17, 15) is 18.0 Å². The topological polar surface area (TPSA) is 58.9 Å². The third-order valence-electron chi connectivity index (χ3n) is 6.12. The van der Waals surface area contributed by atoms with Gasteiger partial charge in [0.05, 0.1) is 13.2 Å². The molecule has 0 spiro atoms. The van der Waals surface area contributed by atoms with Crippen LogP contribution in [0.15, 0.2) is 42.9 Å². The van der Waals surface area contributed by atoms with Crippen LogP contribution in [0.2, 0.25) is 5.02 Å². The Kier molecular flexibility index (Phi) is 8.53. The van der Waals surface area contributed by atoms with Crippen LogP contribution in [0.25, 0.3) is 16.8 Å². The van der Waals surface area contributed by atoms with Crippen molar-refractivity contribution in [3.05, 3.63) is 53.4 Å². The minimum Gasteiger partial charge on any atom is -0.493 e. The first kappa shape index (κ1) is 26.7. The number of hydrogen-bond acceptors (Lipinski definition) is 3. The lowest BCUT2D eigenvalue weighted by molar-refractivity contribution is -0.136. The molecule has 1 aromatic carbocycles. The first-order valence-corrected chi connectivity index (χ1v) is 11.9. The second kappa shape index (κ2) is 11.2. The Morgan fingerprint density at radius 1 is 1.29 bits per heavy atom. The van der Waals surface area contributed by atoms with E-state index in [4.69, 9.17) is 16.3 Å². The summed E-state index contributed by atoms with van der Waals surface area (Å²) in [5, 5.41) is 3.30. The van der Waals surface area contributed by atoms with E-state index in [-0.39, 0.29) is 12.5 Å². The number of ether oxygens (including phenoxy) is 1. The summed E-state index contributed by atoms with van der Waals surface area (Å²) in [6, 6.07) is 6.11. The summed E-state index contributed by atoms with van der Waals surface area (Å²) < 4.78 is 45.3. The molecule has 0 radical (unpaired) electrons. The zero-order valence-electron chi connectivity index (χ0n) is 20.2. The predicted molar refractivity (Wildman–Crippen MR) is 131 cm³/mol. The first-order chi connectivity index (χ1) is 16.6. The number of methoxy groups -OCH3 is 1. The van der Waals surface area contributed by atoms with Crippen LogP contribution in [-0.2, 0) is 0 Å². The Morgan fingerprint density at radius 3 is 2.66 bits per heavy atom. The fraction of sp³-hybridized carbons (Fsp3) is 0.440. The molecular weight excluding hydrogens is 481 g/mol. The van der Waals surface area contributed by atoms with Gasteiger partial charge >= 0.3 is 12.2 Å². The summed E-state index contributed by atoms with van der Waals surface area (Å²) in [6.45, 7) is 5.86. The Morgan fingerprint density at radius 2 is 2.03 bits per heavy atom. The van der Waals surface area contributed by atoms with Gasteiger partial charge in [0, 0.05) is 53.7 Å². The third kappa shape index (κ3) is 6.39. The average molecular weight is 511 g/mol. The van der Waals surface area contributed by atoms with Crippen molar-refractivity contribution in [1.82, 2.24) is 19.6 Å². The van der Waals surface area contributed by atoms with E-state index in [1.807, 2.05) is 48.8 Å². The van der Waals surface area contributed by atoms with Crippen LogP contribution in [0.3, 0.4) is 0 Å². The minimum atomic E-state index is -4.25. The molecule has 0 saturated heterocycles. The molecule has 35 heavy (non-hydrogen) atoms. The Bertz CT molecular complexity index is 1170. The molecule has 10 heteroatoms. The number of benzene rings is 1. The zero-order valence-corrected chi connectivity index (χ0v) is 21.0. The summed E-state index contributed by atoms with van der Waals surface area (Å²) in [5.41, 5.74) is 3.10. The number of pyridine rings is 1. The number of amides is 2. The maximum atomic E-state index is 13.0. The van der Waals surface area contributed by atoms with Crippen LogP contribution < -0.4 is 10.1 Å². The summed E-state index contributed by atoms with van der Waals surface area (Å²) >= 11 is 6.54. The average Bonchev–Trinajstić information content (AvgIpc) is 3.30. The molecule has 0 aliphatic carbocycles. The highest BCUT2D eigenvalue weighted by Crippen LogP contribution is 2.35. The highest BCUT2D eigenvalue weighted by molar-refractivity contribution is 6.33. The fourth-order valence-corrected chi connectivity index (χ4v) is 4.30. The van der Waals surface area contributed by atoms with Crippen LogP contribution in [0.1, 0.15) is 51.6 Å². The van der Waals surface area contributed by atoms with E-state index >= 15 is 0 Å². The molecule has 0 saturated carbocycles. The van der Waals surface area contributed by atoms with Gasteiger partial charge in [-0.05, 0) is 50.5 Å². The van der Waals surface area contributed by atoms with Gasteiger partial charge in [-0.3, -0.25) is 0 Å². The summed E-state index contributed by atoms with van der Waals surface area (Å²) in [6.07, 6.45) is 0.471. The number of fused-ring (bicyclic) bond motifs is 1. The Balaban J connectivity index is 1.85. The largest absolute Gasteiger partial charge is 0.493 e. The monoisotopic (exact) mass is 510 g/mol. The normalized spacial score (nSPS) is 13.5. The molecule has 2 heterocycles. The number of carbonyl (C=O) groups excluding carboxylic acids is 1. The van der Waals surface area contributed by atoms with E-state index in [1.54, 1.807) is 31.2 Å². The number of aromatic nitrogens is 2. The van der Waals surface area contributed by atoms with Gasteiger partial charge in [-0.1, -0.05) is 24.6 Å². The lowest BCUT2D eigenvalue weighted by Crippen LogP contribution is -2.45. The van der Waals surface area contributed by atoms with Crippen molar-refractivity contribution in [3.8, 4) is 16.9 Å². The van der Waals surface area contributed by atoms with Crippen LogP contribution >= 0.6 is 11.6 Å². The molecule has 2 atom stereocenters. The number of nitrogens with one attached hydrogen (secondary N) is 1. The Hall–Kier alpha value is -2.94. The van der Waals surface area contributed by atoms with Crippen molar-refractivity contribution in [2.75, 3.05) is 13.7 Å². The van der Waals surface area contributed by atoms with E-state index in [1.165, 1.54) is 0 Å². The highest BCUT2D eigenvalue weighted by Gasteiger charge is 2.29. The number of nitrogens with zero attached hydrogens (tertiary/aromatic N) is 3. The van der Waals surface area contributed by atoms with E-state index < -0.39 is 24.7 Å². The van der Waals surface area contributed by atoms with Crippen LogP contribution in [0.5, 0.6) is 5.75 Å². The lowest BCUT2D eigenvalue weighted by atomic mass is 10.00. The van der Waals surface area contributed by atoms with Gasteiger partial charge in [-0.2, -0.15) is 13.2 Å². The van der Waals surface area contributed by atoms with Gasteiger partial charge in [0.25, 0.3) is 0 Å². The van der Waals surface area contributed by atoms with Crippen molar-refractivity contribution in [2.24, 2.45) is 0 Å². The second-order valence-corrected chi connectivity index (χ2v) is 8.77. The summed E-state index contributed by atoms with van der Waals surface area (Å²) in [4.78, 5) is 18.9. The molecule has 3 aromatic rings. The van der Waals surface area contributed by atoms with Crippen molar-refractivity contribution < 1.29 is 22.7 Å². The third-order valence-corrected chi connectivity index (χ3v) is 6.45. The SMILES string of the molecule is CCC(CCC(F)(F)F)NC(=O)N(CC)[C@H](C)c1ccc(Cl)c(-c2cc(OC)c3nccn3c2)c1. The van der Waals surface area contributed by atoms with Crippen molar-refractivity contribution in [1.29, 1.82) is 0 Å². The second-order valence-electron chi connectivity index (χ2n) is 8.37. The number of rotatable bonds is 9. The van der Waals surface area contributed by atoms with Crippen LogP contribution in [-0.4, -0.2) is 46.2 Å². The summed E-state index contributed by atoms with van der Waals surface area (Å²) in [7, 11) is 1.57. The van der Waals surface area contributed by atoms with Crippen LogP contribution in [0, 0.1) is 0 Å². The number of carbonyl (C=O) groups is 1. The van der Waals surface area contributed by atoms with E-state index in [0.717, 1.165) is 16.7 Å². The van der Waals surface area contributed by atoms with E-state index in [0.29, 0.717) is 29.4 Å². The smallest absolute Gasteiger partial charge is 0.389 e. The molecule has 1 unspecified atom stereocenters. The minimum absolute atomic E-state index is 0.151. The first-order valence-electron chi connectivity index (χ1n) is 11.5. The number of alkyl halides is 3. The van der Waals surface area contributed by atoms with Crippen molar-refractivity contribution in [3.63, 3.8) is 0 Å². The standard InChI is InChI=1S/C25H30ClF3N4O2/c1-5-19(9-10-25(27,28)29)31-24(34)33(6-2)16(3)17-7-8-21(26)20(13-17)18-14-22(35-4)23-30-11-12-32(23)15-18/h7-8,11-16,19H,5-6,9-10H2,1-4H3,(H,31,34)/t16-,19?/m1/s1. The lowest BCUT2D eigenvalue weighted by Gasteiger charge is -2.31. The number of hydrogen-bond donors (Lipinski definition) is 1. The molecule has 0 aliphatic heterocycles. The fourth-order valence-electron chi connectivity index (χ4n) is 4.07. The molecule has 0 bridgehead atoms. The number of imidazole rings is 1. The molecule has 2 aromatic heterocycles. The van der Waals surface area contributed by atoms with Crippen molar-refractivity contribution >= 4 is 23.3 Å². The van der Waals surface area contributed by atoms with Crippen molar-refractivity contribution in [2.45, 2.75) is 58.3 Å². The van der Waals surface area contributed by atoms with Gasteiger partial charge in [0.2, 0.25) is 0 Å². The number of halogens is 4. The number of urea groups is 1. The van der Waals surface area contributed by atoms with Gasteiger partial charge in [0.15, 0.2) is 11.4 Å². The maximum absolute atomic E-state index is 13.0. The molecule has 2 amide bonds. The summed E-state index contributed by atoms with van der Waals surface area (Å²) in [5.74, 6) is 0.598. The van der Waals surface area contributed by atoms with Crippen LogP contribution in [0.4, 0.5) is 18.0 Å². The van der Waals surface area contributed by atoms with Gasteiger partial charge < -0.3 is 19.4 Å². The predicted octanol–water partition coefficient (Wildman–Crippen LogP) is 6.88. The molecule has 6 nitrogen and oxygen atoms in total. The molecule has 3 rings (SSSR count). The molecular formula is C25H30ClF3N4O2. The molecule has 0 aliphatic rings. The Labute approximate surface area is 208 Å². The zero-order chi connectivity index (χ0) is 25.8. The van der Waals surface area contributed by atoms with Gasteiger partial charge in [-0.15, -0.1) is 0 Å². The quantitative estimate of drug-likeness (QED) is 0.341. The maximum Gasteiger partial charge on any atom is 0.389 e.